The molecule has 7 heteroatoms. The van der Waals surface area contributed by atoms with Crippen molar-refractivity contribution in [2.45, 2.75) is 20.3 Å². The third kappa shape index (κ3) is 6.42. The molecular weight excluding hydrogens is 378 g/mol. The molecule has 0 saturated carbocycles. The lowest BCUT2D eigenvalue weighted by Crippen LogP contribution is -3.15. The number of carbonyl (C=O) groups excluding carboxylic acids is 2. The summed E-state index contributed by atoms with van der Waals surface area (Å²) < 4.78 is 0. The van der Waals surface area contributed by atoms with Gasteiger partial charge in [-0.1, -0.05) is 30.3 Å². The van der Waals surface area contributed by atoms with Gasteiger partial charge < -0.3 is 15.1 Å². The summed E-state index contributed by atoms with van der Waals surface area (Å²) >= 11 is 0. The highest BCUT2D eigenvalue weighted by molar-refractivity contribution is 6.00. The predicted molar refractivity (Wildman–Crippen MR) is 120 cm³/mol. The van der Waals surface area contributed by atoms with E-state index in [-0.39, 0.29) is 11.8 Å². The Morgan fingerprint density at radius 1 is 1.03 bits per heavy atom. The molecule has 1 aliphatic rings. The Morgan fingerprint density at radius 2 is 1.77 bits per heavy atom. The fourth-order valence-electron chi connectivity index (χ4n) is 3.55. The van der Waals surface area contributed by atoms with E-state index in [0.717, 1.165) is 38.3 Å². The number of nitrogens with zero attached hydrogens (tertiary/aromatic N) is 2. The molecule has 3 N–H and O–H groups in total. The van der Waals surface area contributed by atoms with Gasteiger partial charge in [0.1, 0.15) is 0 Å². The van der Waals surface area contributed by atoms with Crippen LogP contribution in [0.3, 0.4) is 0 Å². The molecule has 1 saturated heterocycles. The van der Waals surface area contributed by atoms with Crippen molar-refractivity contribution < 1.29 is 14.5 Å². The number of para-hydroxylation sites is 1. The summed E-state index contributed by atoms with van der Waals surface area (Å²) in [5.41, 5.74) is 6.17. The quantitative estimate of drug-likeness (QED) is 0.477. The molecule has 2 aromatic rings. The number of anilines is 2. The molecule has 158 valence electrons. The maximum atomic E-state index is 12.2. The lowest BCUT2D eigenvalue weighted by Gasteiger charge is -2.33. The molecule has 0 bridgehead atoms. The zero-order valence-corrected chi connectivity index (χ0v) is 17.6. The van der Waals surface area contributed by atoms with E-state index in [1.165, 1.54) is 17.5 Å². The van der Waals surface area contributed by atoms with Crippen molar-refractivity contribution in [2.75, 3.05) is 42.9 Å². The van der Waals surface area contributed by atoms with Gasteiger partial charge in [0.05, 0.1) is 44.9 Å². The molecule has 3 rings (SSSR count). The Hall–Kier alpha value is -3.19. The van der Waals surface area contributed by atoms with Crippen molar-refractivity contribution in [3.63, 3.8) is 0 Å². The Balaban J connectivity index is 1.42. The van der Waals surface area contributed by atoms with Gasteiger partial charge in [-0.25, -0.2) is 5.43 Å². The number of carbonyl (C=O) groups is 2. The summed E-state index contributed by atoms with van der Waals surface area (Å²) in [6, 6.07) is 17.9. The second-order valence-corrected chi connectivity index (χ2v) is 7.57. The summed E-state index contributed by atoms with van der Waals surface area (Å²) in [4.78, 5) is 27.3. The number of nitrogens with one attached hydrogen (secondary N) is 3. The van der Waals surface area contributed by atoms with Crippen LogP contribution in [0.15, 0.2) is 59.7 Å². The van der Waals surface area contributed by atoms with Gasteiger partial charge in [0.2, 0.25) is 11.8 Å². The van der Waals surface area contributed by atoms with Crippen LogP contribution < -0.4 is 20.5 Å². The standard InChI is InChI=1S/C23H29N5O2/c1-18(20-7-6-8-21(17-20)24-19(2)29)25-26-23(30)11-12-27-13-15-28(16-14-27)22-9-4-3-5-10-22/h3-10,17H,11-16H2,1-2H3,(H,24,29)(H,26,30)/p+1/b25-18-. The summed E-state index contributed by atoms with van der Waals surface area (Å²) in [6.45, 7) is 8.17. The van der Waals surface area contributed by atoms with Crippen molar-refractivity contribution in [2.24, 2.45) is 5.10 Å². The van der Waals surface area contributed by atoms with Crippen molar-refractivity contribution in [1.82, 2.24) is 5.43 Å². The number of piperazine rings is 1. The van der Waals surface area contributed by atoms with Gasteiger partial charge in [-0.2, -0.15) is 5.10 Å². The minimum absolute atomic E-state index is 0.0784. The van der Waals surface area contributed by atoms with Crippen molar-refractivity contribution in [3.05, 3.63) is 60.2 Å². The number of hydrogen-bond acceptors (Lipinski definition) is 4. The van der Waals surface area contributed by atoms with Crippen LogP contribution in [0.25, 0.3) is 0 Å². The van der Waals surface area contributed by atoms with Gasteiger partial charge in [-0.3, -0.25) is 9.59 Å². The Morgan fingerprint density at radius 3 is 2.47 bits per heavy atom. The zero-order valence-electron chi connectivity index (χ0n) is 17.6. The third-order valence-electron chi connectivity index (χ3n) is 5.25. The molecular formula is C23H30N5O2+. The van der Waals surface area contributed by atoms with E-state index < -0.39 is 0 Å². The highest BCUT2D eigenvalue weighted by Gasteiger charge is 2.20. The number of quaternary nitrogens is 1. The molecule has 2 amide bonds. The van der Waals surface area contributed by atoms with Crippen LogP contribution in [0.5, 0.6) is 0 Å². The van der Waals surface area contributed by atoms with Crippen LogP contribution in [0.1, 0.15) is 25.8 Å². The van der Waals surface area contributed by atoms with Crippen molar-refractivity contribution in [3.8, 4) is 0 Å². The van der Waals surface area contributed by atoms with E-state index in [2.05, 4.69) is 45.0 Å². The predicted octanol–water partition coefficient (Wildman–Crippen LogP) is 1.28. The van der Waals surface area contributed by atoms with Crippen LogP contribution in [-0.2, 0) is 9.59 Å². The van der Waals surface area contributed by atoms with Crippen molar-refractivity contribution >= 4 is 28.9 Å². The van der Waals surface area contributed by atoms with Crippen LogP contribution in [0.4, 0.5) is 11.4 Å². The summed E-state index contributed by atoms with van der Waals surface area (Å²) in [7, 11) is 0. The van der Waals surface area contributed by atoms with E-state index in [1.807, 2.05) is 37.3 Å². The molecule has 30 heavy (non-hydrogen) atoms. The minimum Gasteiger partial charge on any atom is -0.360 e. The van der Waals surface area contributed by atoms with Crippen LogP contribution in [-0.4, -0.2) is 50.2 Å². The van der Waals surface area contributed by atoms with Crippen LogP contribution in [0, 0.1) is 0 Å². The van der Waals surface area contributed by atoms with Gasteiger partial charge in [-0.05, 0) is 36.8 Å². The Labute approximate surface area is 177 Å². The van der Waals surface area contributed by atoms with Crippen LogP contribution in [0.2, 0.25) is 0 Å². The first kappa shape index (κ1) is 21.5. The van der Waals surface area contributed by atoms with Crippen LogP contribution >= 0.6 is 0 Å². The molecule has 0 unspecified atom stereocenters. The normalized spacial score (nSPS) is 15.0. The van der Waals surface area contributed by atoms with Gasteiger partial charge in [0.25, 0.3) is 0 Å². The lowest BCUT2D eigenvalue weighted by atomic mass is 10.1. The topological polar surface area (TPSA) is 78.2 Å². The Bertz CT molecular complexity index is 889. The molecule has 0 atom stereocenters. The highest BCUT2D eigenvalue weighted by atomic mass is 16.2. The molecule has 0 radical (unpaired) electrons. The molecule has 0 spiro atoms. The number of amides is 2. The van der Waals surface area contributed by atoms with E-state index in [9.17, 15) is 9.59 Å². The number of rotatable bonds is 7. The summed E-state index contributed by atoms with van der Waals surface area (Å²) in [5, 5.41) is 6.96. The highest BCUT2D eigenvalue weighted by Crippen LogP contribution is 2.13. The van der Waals surface area contributed by atoms with Crippen molar-refractivity contribution in [1.29, 1.82) is 0 Å². The zero-order chi connectivity index (χ0) is 21.3. The van der Waals surface area contributed by atoms with Gasteiger partial charge in [-0.15, -0.1) is 0 Å². The second kappa shape index (κ2) is 10.5. The maximum absolute atomic E-state index is 12.2. The Kier molecular flexibility index (Phi) is 7.57. The second-order valence-electron chi connectivity index (χ2n) is 7.57. The van der Waals surface area contributed by atoms with E-state index >= 15 is 0 Å². The number of benzene rings is 2. The molecule has 1 aliphatic heterocycles. The fraction of sp³-hybridized carbons (Fsp3) is 0.348. The average Bonchev–Trinajstić information content (AvgIpc) is 2.76. The van der Waals surface area contributed by atoms with Gasteiger partial charge >= 0.3 is 0 Å². The lowest BCUT2D eigenvalue weighted by molar-refractivity contribution is -0.900. The van der Waals surface area contributed by atoms with E-state index in [1.54, 1.807) is 0 Å². The molecule has 2 aromatic carbocycles. The monoisotopic (exact) mass is 408 g/mol. The first-order valence-electron chi connectivity index (χ1n) is 10.4. The fourth-order valence-corrected chi connectivity index (χ4v) is 3.55. The number of hydrazone groups is 1. The molecule has 0 aliphatic carbocycles. The largest absolute Gasteiger partial charge is 0.360 e. The summed E-state index contributed by atoms with van der Waals surface area (Å²) in [5.74, 6) is -0.201. The van der Waals surface area contributed by atoms with E-state index in [0.29, 0.717) is 17.8 Å². The van der Waals surface area contributed by atoms with Gasteiger partial charge in [0.15, 0.2) is 0 Å². The summed E-state index contributed by atoms with van der Waals surface area (Å²) in [6.07, 6.45) is 0.448. The smallest absolute Gasteiger partial charge is 0.245 e. The third-order valence-corrected chi connectivity index (χ3v) is 5.25. The SMILES string of the molecule is CC(=O)Nc1cccc(/C(C)=N\NC(=O)CC[NH+]2CCN(c3ccccc3)CC2)c1. The maximum Gasteiger partial charge on any atom is 0.245 e. The molecule has 1 heterocycles. The molecule has 1 fully saturated rings. The minimum atomic E-state index is -0.123. The average molecular weight is 409 g/mol. The number of hydrogen-bond donors (Lipinski definition) is 3. The molecule has 7 nitrogen and oxygen atoms in total. The first-order chi connectivity index (χ1) is 14.5. The van der Waals surface area contributed by atoms with E-state index in [4.69, 9.17) is 0 Å². The van der Waals surface area contributed by atoms with Gasteiger partial charge in [0, 0.05) is 18.3 Å². The first-order valence-corrected chi connectivity index (χ1v) is 10.4. The molecule has 0 aromatic heterocycles.